The van der Waals surface area contributed by atoms with Crippen molar-refractivity contribution in [2.45, 2.75) is 45.2 Å². The first kappa shape index (κ1) is 28.4. The summed E-state index contributed by atoms with van der Waals surface area (Å²) in [5.74, 6) is -1.07. The molecule has 2 saturated heterocycles. The van der Waals surface area contributed by atoms with Crippen LogP contribution in [0, 0.1) is 0 Å². The van der Waals surface area contributed by atoms with Gasteiger partial charge in [0.15, 0.2) is 5.66 Å². The largest absolute Gasteiger partial charge is 0.481 e. The molecule has 2 fully saturated rings. The highest BCUT2D eigenvalue weighted by molar-refractivity contribution is 7.55. The Hall–Kier alpha value is -1.58. The summed E-state index contributed by atoms with van der Waals surface area (Å²) in [4.78, 5) is 31.8. The van der Waals surface area contributed by atoms with Gasteiger partial charge in [0.1, 0.15) is 5.78 Å². The Bertz CT molecular complexity index is 619. The van der Waals surface area contributed by atoms with Gasteiger partial charge in [0.25, 0.3) is 0 Å². The molecule has 0 radical (unpaired) electrons. The van der Waals surface area contributed by atoms with Gasteiger partial charge in [0.05, 0.1) is 33.5 Å². The van der Waals surface area contributed by atoms with Crippen LogP contribution in [0.25, 0.3) is 0 Å². The predicted octanol–water partition coefficient (Wildman–Crippen LogP) is 2.60. The van der Waals surface area contributed by atoms with Crippen LogP contribution in [0.3, 0.4) is 0 Å². The summed E-state index contributed by atoms with van der Waals surface area (Å²) in [5.41, 5.74) is 0.798. The molecule has 2 heterocycles. The quantitative estimate of drug-likeness (QED) is 0.377. The fraction of sp³-hybridized carbons (Fsp3) is 0.737. The van der Waals surface area contributed by atoms with E-state index in [0.717, 1.165) is 45.8 Å². The minimum Gasteiger partial charge on any atom is -0.481 e. The van der Waals surface area contributed by atoms with Crippen molar-refractivity contribution in [3.63, 3.8) is 0 Å². The van der Waals surface area contributed by atoms with Crippen LogP contribution >= 0.6 is 7.60 Å². The second kappa shape index (κ2) is 15.3. The maximum absolute atomic E-state index is 11.3. The molecule has 0 saturated carbocycles. The number of hydrogen-bond acceptors (Lipinski definition) is 9. The van der Waals surface area contributed by atoms with E-state index in [1.165, 1.54) is 19.6 Å². The van der Waals surface area contributed by atoms with E-state index in [-0.39, 0.29) is 5.97 Å². The minimum absolute atomic E-state index is 0.216. The van der Waals surface area contributed by atoms with E-state index in [1.54, 1.807) is 0 Å². The average molecular weight is 452 g/mol. The second-order valence-electron chi connectivity index (χ2n) is 6.40. The number of esters is 1. The number of ketones is 1. The van der Waals surface area contributed by atoms with E-state index >= 15 is 0 Å². The van der Waals surface area contributed by atoms with Crippen molar-refractivity contribution in [3.05, 3.63) is 11.1 Å². The zero-order valence-corrected chi connectivity index (χ0v) is 19.2. The van der Waals surface area contributed by atoms with E-state index in [2.05, 4.69) is 13.8 Å². The third kappa shape index (κ3) is 10.4. The first-order chi connectivity index (χ1) is 14.1. The molecule has 1 atom stereocenters. The van der Waals surface area contributed by atoms with Crippen molar-refractivity contribution in [3.8, 4) is 0 Å². The molecule has 0 aliphatic carbocycles. The molecule has 1 N–H and O–H groups in total. The number of carbonyl (C=O) groups excluding carboxylic acids is 2. The monoisotopic (exact) mass is 452 g/mol. The molecule has 0 amide bonds. The van der Waals surface area contributed by atoms with E-state index in [1.807, 2.05) is 6.92 Å². The lowest BCUT2D eigenvalue weighted by molar-refractivity contribution is -0.137. The van der Waals surface area contributed by atoms with Gasteiger partial charge in [-0.15, -0.1) is 0 Å². The number of Topliss-reactive ketones (excluding diaryl/α,β-unsaturated/α-hetero) is 1. The summed E-state index contributed by atoms with van der Waals surface area (Å²) in [7, 11) is 0.294. The van der Waals surface area contributed by atoms with Crippen LogP contribution < -0.4 is 0 Å². The van der Waals surface area contributed by atoms with Gasteiger partial charge in [-0.25, -0.2) is 4.79 Å². The molecule has 0 aromatic heterocycles. The molecule has 1 unspecified atom stereocenters. The molecule has 10 nitrogen and oxygen atoms in total. The van der Waals surface area contributed by atoms with Crippen molar-refractivity contribution in [1.82, 2.24) is 0 Å². The van der Waals surface area contributed by atoms with Crippen molar-refractivity contribution in [2.75, 3.05) is 47.8 Å². The lowest BCUT2D eigenvalue weighted by Crippen LogP contribution is -2.17. The zero-order chi connectivity index (χ0) is 23.2. The standard InChI is InChI=1S/C9H14O3.C5H11O5P.C5H8O2/c1-7(9(10)11-2)8-3-5-12-6-4-8;1-4(5(6)7)11(8,9-2)10-3;6-5-1-3-7-4-2-5/h3-6H2,1-2H3;4H,1-3H3,(H,6,7);1-4H2. The summed E-state index contributed by atoms with van der Waals surface area (Å²) in [5, 5.41) is 8.45. The molecular weight excluding hydrogens is 419 g/mol. The van der Waals surface area contributed by atoms with E-state index in [0.29, 0.717) is 31.8 Å². The molecule has 0 spiro atoms. The van der Waals surface area contributed by atoms with Crippen LogP contribution in [-0.2, 0) is 42.2 Å². The number of carboxylic acids is 1. The SMILES string of the molecule is COC(=O)C(C)=C1CCOCC1.COP(=O)(OC)C(C)C(=O)O.O=C1CCOCC1. The third-order valence-electron chi connectivity index (χ3n) is 4.51. The maximum atomic E-state index is 11.3. The second-order valence-corrected chi connectivity index (χ2v) is 8.99. The lowest BCUT2D eigenvalue weighted by atomic mass is 10.0. The van der Waals surface area contributed by atoms with Crippen LogP contribution in [0.5, 0.6) is 0 Å². The predicted molar refractivity (Wildman–Crippen MR) is 109 cm³/mol. The smallest absolute Gasteiger partial charge is 0.344 e. The van der Waals surface area contributed by atoms with Gasteiger partial charge in [-0.05, 0) is 26.7 Å². The summed E-state index contributed by atoms with van der Waals surface area (Å²) >= 11 is 0. The Kier molecular flexibility index (Phi) is 14.5. The molecule has 0 aromatic carbocycles. The summed E-state index contributed by atoms with van der Waals surface area (Å²) in [6.07, 6.45) is 2.97. The Morgan fingerprint density at radius 2 is 1.40 bits per heavy atom. The van der Waals surface area contributed by atoms with Crippen LogP contribution in [0.4, 0.5) is 0 Å². The van der Waals surface area contributed by atoms with Crippen molar-refractivity contribution >= 4 is 25.3 Å². The molecule has 0 bridgehead atoms. The number of rotatable bonds is 5. The highest BCUT2D eigenvalue weighted by Crippen LogP contribution is 2.51. The van der Waals surface area contributed by atoms with E-state index in [4.69, 9.17) is 14.6 Å². The van der Waals surface area contributed by atoms with Gasteiger partial charge in [0.2, 0.25) is 0 Å². The number of aliphatic carboxylic acids is 1. The molecule has 174 valence electrons. The Morgan fingerprint density at radius 1 is 0.967 bits per heavy atom. The molecular formula is C19H33O10P. The zero-order valence-electron chi connectivity index (χ0n) is 18.3. The van der Waals surface area contributed by atoms with Gasteiger partial charge in [-0.3, -0.25) is 14.2 Å². The number of carbonyl (C=O) groups is 3. The van der Waals surface area contributed by atoms with Crippen molar-refractivity contribution < 1.29 is 47.3 Å². The highest BCUT2D eigenvalue weighted by atomic mass is 31.2. The van der Waals surface area contributed by atoms with Gasteiger partial charge in [-0.1, -0.05) is 5.57 Å². The molecule has 30 heavy (non-hydrogen) atoms. The fourth-order valence-electron chi connectivity index (χ4n) is 2.42. The van der Waals surface area contributed by atoms with Gasteiger partial charge in [0, 0.05) is 32.6 Å². The van der Waals surface area contributed by atoms with Gasteiger partial charge in [-0.2, -0.15) is 0 Å². The number of methoxy groups -OCH3 is 1. The summed E-state index contributed by atoms with van der Waals surface area (Å²) in [6.45, 7) is 5.81. The van der Waals surface area contributed by atoms with E-state index < -0.39 is 19.2 Å². The topological polar surface area (TPSA) is 135 Å². The van der Waals surface area contributed by atoms with E-state index in [9.17, 15) is 18.9 Å². The summed E-state index contributed by atoms with van der Waals surface area (Å²) in [6, 6.07) is 0. The Balaban J connectivity index is 0.000000434. The van der Waals surface area contributed by atoms with Gasteiger partial charge < -0.3 is 28.4 Å². The first-order valence-corrected chi connectivity index (χ1v) is 11.1. The molecule has 2 aliphatic rings. The molecule has 0 aromatic rings. The van der Waals surface area contributed by atoms with Crippen LogP contribution in [0.15, 0.2) is 11.1 Å². The maximum Gasteiger partial charge on any atom is 0.344 e. The van der Waals surface area contributed by atoms with Crippen molar-refractivity contribution in [2.24, 2.45) is 0 Å². The number of carboxylic acid groups (broad SMARTS) is 1. The minimum atomic E-state index is -3.43. The first-order valence-electron chi connectivity index (χ1n) is 9.51. The lowest BCUT2D eigenvalue weighted by Gasteiger charge is -2.16. The summed E-state index contributed by atoms with van der Waals surface area (Å²) < 4.78 is 34.9. The molecule has 2 aliphatic heterocycles. The number of ether oxygens (including phenoxy) is 3. The molecule has 11 heteroatoms. The van der Waals surface area contributed by atoms with Crippen LogP contribution in [0.2, 0.25) is 0 Å². The third-order valence-corrected chi connectivity index (χ3v) is 6.70. The van der Waals surface area contributed by atoms with Gasteiger partial charge >= 0.3 is 19.5 Å². The molecule has 2 rings (SSSR count). The van der Waals surface area contributed by atoms with Crippen LogP contribution in [-0.4, -0.2) is 76.2 Å². The normalized spacial score (nSPS) is 17.5. The van der Waals surface area contributed by atoms with Crippen molar-refractivity contribution in [1.29, 1.82) is 0 Å². The Morgan fingerprint density at radius 3 is 1.67 bits per heavy atom. The fourth-order valence-corrected chi connectivity index (χ4v) is 3.47. The van der Waals surface area contributed by atoms with Crippen LogP contribution in [0.1, 0.15) is 39.5 Å². The number of hydrogen-bond donors (Lipinski definition) is 1. The Labute approximate surface area is 177 Å². The highest BCUT2D eigenvalue weighted by Gasteiger charge is 2.35. The average Bonchev–Trinajstić information content (AvgIpc) is 2.78.